The summed E-state index contributed by atoms with van der Waals surface area (Å²) in [5, 5.41) is 11.2. The smallest absolute Gasteiger partial charge is 0.269 e. The highest BCUT2D eigenvalue weighted by atomic mass is 35.5. The van der Waals surface area contributed by atoms with Crippen molar-refractivity contribution in [3.63, 3.8) is 0 Å². The van der Waals surface area contributed by atoms with E-state index in [1.165, 1.54) is 23.9 Å². The molecule has 3 rings (SSSR count). The lowest BCUT2D eigenvalue weighted by Gasteiger charge is -2.26. The fourth-order valence-electron chi connectivity index (χ4n) is 2.55. The van der Waals surface area contributed by atoms with Crippen LogP contribution in [0.5, 0.6) is 0 Å². The SMILES string of the molecule is Cc1c(Cl)cccc1N1C(=O)CS[C@H]1c1ccc([N+](=O)[O-])cc1. The Bertz CT molecular complexity index is 779. The van der Waals surface area contributed by atoms with Gasteiger partial charge in [-0.3, -0.25) is 19.8 Å². The van der Waals surface area contributed by atoms with Crippen LogP contribution in [0.2, 0.25) is 5.02 Å². The van der Waals surface area contributed by atoms with Gasteiger partial charge in [0.1, 0.15) is 5.37 Å². The number of anilines is 1. The van der Waals surface area contributed by atoms with E-state index in [2.05, 4.69) is 0 Å². The largest absolute Gasteiger partial charge is 0.295 e. The van der Waals surface area contributed by atoms with Crippen molar-refractivity contribution < 1.29 is 9.72 Å². The number of thioether (sulfide) groups is 1. The Morgan fingerprint density at radius 1 is 1.26 bits per heavy atom. The lowest BCUT2D eigenvalue weighted by Crippen LogP contribution is -2.28. The van der Waals surface area contributed by atoms with Crippen LogP contribution in [0, 0.1) is 17.0 Å². The molecule has 0 N–H and O–H groups in total. The Hall–Kier alpha value is -2.05. The number of nitro benzene ring substituents is 1. The first-order chi connectivity index (χ1) is 11.0. The first-order valence-electron chi connectivity index (χ1n) is 6.92. The van der Waals surface area contributed by atoms with E-state index in [0.29, 0.717) is 10.8 Å². The Morgan fingerprint density at radius 2 is 1.96 bits per heavy atom. The molecule has 1 saturated heterocycles. The minimum Gasteiger partial charge on any atom is -0.295 e. The van der Waals surface area contributed by atoms with Crippen LogP contribution < -0.4 is 4.90 Å². The number of benzene rings is 2. The molecule has 5 nitrogen and oxygen atoms in total. The van der Waals surface area contributed by atoms with Crippen molar-refractivity contribution in [1.82, 2.24) is 0 Å². The van der Waals surface area contributed by atoms with Gasteiger partial charge in [-0.15, -0.1) is 11.8 Å². The molecular formula is C16H13ClN2O3S. The lowest BCUT2D eigenvalue weighted by atomic mass is 10.1. The zero-order valence-electron chi connectivity index (χ0n) is 12.2. The fraction of sp³-hybridized carbons (Fsp3) is 0.188. The Labute approximate surface area is 142 Å². The van der Waals surface area contributed by atoms with Crippen LogP contribution in [0.15, 0.2) is 42.5 Å². The van der Waals surface area contributed by atoms with Crippen LogP contribution in [0.3, 0.4) is 0 Å². The summed E-state index contributed by atoms with van der Waals surface area (Å²) in [5.41, 5.74) is 2.51. The summed E-state index contributed by atoms with van der Waals surface area (Å²) in [6, 6.07) is 11.8. The van der Waals surface area contributed by atoms with Crippen molar-refractivity contribution in [3.8, 4) is 0 Å². The number of amides is 1. The number of nitro groups is 1. The number of carbonyl (C=O) groups excluding carboxylic acids is 1. The fourth-order valence-corrected chi connectivity index (χ4v) is 3.89. The minimum absolute atomic E-state index is 0.00344. The summed E-state index contributed by atoms with van der Waals surface area (Å²) >= 11 is 7.67. The third kappa shape index (κ3) is 2.92. The monoisotopic (exact) mass is 348 g/mol. The number of halogens is 1. The normalized spacial score (nSPS) is 17.6. The van der Waals surface area contributed by atoms with Gasteiger partial charge in [0, 0.05) is 22.8 Å². The minimum atomic E-state index is -0.435. The average molecular weight is 349 g/mol. The van der Waals surface area contributed by atoms with Gasteiger partial charge in [-0.2, -0.15) is 0 Å². The summed E-state index contributed by atoms with van der Waals surface area (Å²) in [5.74, 6) is 0.372. The first kappa shape index (κ1) is 15.8. The molecule has 2 aromatic carbocycles. The van der Waals surface area contributed by atoms with Gasteiger partial charge in [-0.05, 0) is 42.3 Å². The topological polar surface area (TPSA) is 63.5 Å². The number of hydrogen-bond donors (Lipinski definition) is 0. The van der Waals surface area contributed by atoms with Gasteiger partial charge in [-0.25, -0.2) is 0 Å². The number of nitrogens with zero attached hydrogens (tertiary/aromatic N) is 2. The van der Waals surface area contributed by atoms with Crippen molar-refractivity contribution in [2.45, 2.75) is 12.3 Å². The van der Waals surface area contributed by atoms with Crippen LogP contribution in [0.1, 0.15) is 16.5 Å². The Kier molecular flexibility index (Phi) is 4.28. The second kappa shape index (κ2) is 6.22. The maximum atomic E-state index is 12.4. The van der Waals surface area contributed by atoms with Gasteiger partial charge in [0.2, 0.25) is 5.91 Å². The molecule has 0 saturated carbocycles. The molecule has 0 radical (unpaired) electrons. The number of carbonyl (C=O) groups is 1. The summed E-state index contributed by atoms with van der Waals surface area (Å²) < 4.78 is 0. The molecule has 0 aliphatic carbocycles. The summed E-state index contributed by atoms with van der Waals surface area (Å²) in [7, 11) is 0. The second-order valence-electron chi connectivity index (χ2n) is 5.16. The van der Waals surface area contributed by atoms with E-state index in [1.54, 1.807) is 23.1 Å². The van der Waals surface area contributed by atoms with Gasteiger partial charge >= 0.3 is 0 Å². The molecule has 1 aliphatic heterocycles. The molecule has 7 heteroatoms. The first-order valence-corrected chi connectivity index (χ1v) is 8.35. The van der Waals surface area contributed by atoms with E-state index >= 15 is 0 Å². The van der Waals surface area contributed by atoms with Crippen molar-refractivity contribution >= 4 is 40.6 Å². The second-order valence-corrected chi connectivity index (χ2v) is 6.64. The van der Waals surface area contributed by atoms with Gasteiger partial charge in [-0.1, -0.05) is 17.7 Å². The van der Waals surface area contributed by atoms with Gasteiger partial charge < -0.3 is 0 Å². The summed E-state index contributed by atoms with van der Waals surface area (Å²) in [4.78, 5) is 24.4. The zero-order valence-corrected chi connectivity index (χ0v) is 13.8. The molecule has 0 spiro atoms. The van der Waals surface area contributed by atoms with Crippen molar-refractivity contribution in [2.75, 3.05) is 10.7 Å². The molecule has 1 amide bonds. The van der Waals surface area contributed by atoms with Crippen LogP contribution >= 0.6 is 23.4 Å². The van der Waals surface area contributed by atoms with Gasteiger partial charge in [0.15, 0.2) is 0 Å². The Morgan fingerprint density at radius 3 is 2.61 bits per heavy atom. The molecule has 1 fully saturated rings. The average Bonchev–Trinajstić information content (AvgIpc) is 2.92. The summed E-state index contributed by atoms with van der Waals surface area (Å²) in [6.07, 6.45) is 0. The number of hydrogen-bond acceptors (Lipinski definition) is 4. The van der Waals surface area contributed by atoms with E-state index < -0.39 is 4.92 Å². The van der Waals surface area contributed by atoms with E-state index in [4.69, 9.17) is 11.6 Å². The Balaban J connectivity index is 2.00. The molecular weight excluding hydrogens is 336 g/mol. The molecule has 2 aromatic rings. The zero-order chi connectivity index (χ0) is 16.6. The highest BCUT2D eigenvalue weighted by Crippen LogP contribution is 2.43. The molecule has 0 unspecified atom stereocenters. The maximum Gasteiger partial charge on any atom is 0.269 e. The van der Waals surface area contributed by atoms with E-state index in [0.717, 1.165) is 16.8 Å². The van der Waals surface area contributed by atoms with Crippen LogP contribution in [-0.2, 0) is 4.79 Å². The molecule has 118 valence electrons. The van der Waals surface area contributed by atoms with Crippen LogP contribution in [0.4, 0.5) is 11.4 Å². The highest BCUT2D eigenvalue weighted by Gasteiger charge is 2.35. The molecule has 1 aliphatic rings. The van der Waals surface area contributed by atoms with Crippen LogP contribution in [-0.4, -0.2) is 16.6 Å². The summed E-state index contributed by atoms with van der Waals surface area (Å²) in [6.45, 7) is 1.88. The predicted octanol–water partition coefficient (Wildman–Crippen LogP) is 4.34. The predicted molar refractivity (Wildman–Crippen MR) is 92.0 cm³/mol. The van der Waals surface area contributed by atoms with Gasteiger partial charge in [0.25, 0.3) is 5.69 Å². The standard InChI is InChI=1S/C16H13ClN2O3S/c1-10-13(17)3-2-4-14(10)18-15(20)9-23-16(18)11-5-7-12(8-6-11)19(21)22/h2-8,16H,9H2,1H3/t16-/m0/s1. The molecule has 23 heavy (non-hydrogen) atoms. The lowest BCUT2D eigenvalue weighted by molar-refractivity contribution is -0.384. The van der Waals surface area contributed by atoms with Crippen molar-refractivity contribution in [2.24, 2.45) is 0 Å². The highest BCUT2D eigenvalue weighted by molar-refractivity contribution is 8.00. The third-order valence-corrected chi connectivity index (χ3v) is 5.38. The molecule has 0 aromatic heterocycles. The molecule has 1 atom stereocenters. The number of rotatable bonds is 3. The quantitative estimate of drug-likeness (QED) is 0.611. The molecule has 0 bridgehead atoms. The van der Waals surface area contributed by atoms with Gasteiger partial charge in [0.05, 0.1) is 10.7 Å². The van der Waals surface area contributed by atoms with E-state index in [9.17, 15) is 14.9 Å². The van der Waals surface area contributed by atoms with Crippen molar-refractivity contribution in [1.29, 1.82) is 0 Å². The number of non-ortho nitro benzene ring substituents is 1. The third-order valence-electron chi connectivity index (χ3n) is 3.76. The van der Waals surface area contributed by atoms with E-state index in [1.807, 2.05) is 19.1 Å². The van der Waals surface area contributed by atoms with Crippen LogP contribution in [0.25, 0.3) is 0 Å². The van der Waals surface area contributed by atoms with Crippen molar-refractivity contribution in [3.05, 3.63) is 68.7 Å². The van der Waals surface area contributed by atoms with E-state index in [-0.39, 0.29) is 17.0 Å². The molecule has 1 heterocycles. The maximum absolute atomic E-state index is 12.4.